The number of rotatable bonds is 2. The van der Waals surface area contributed by atoms with Crippen molar-refractivity contribution in [3.8, 4) is 5.75 Å². The lowest BCUT2D eigenvalue weighted by Crippen LogP contribution is -2.23. The van der Waals surface area contributed by atoms with Gasteiger partial charge in [0.05, 0.1) is 5.75 Å². The molecule has 1 saturated heterocycles. The highest BCUT2D eigenvalue weighted by molar-refractivity contribution is 7.89. The Kier molecular flexibility index (Phi) is 3.11. The number of aromatic hydroxyl groups is 1. The van der Waals surface area contributed by atoms with E-state index in [1.54, 1.807) is 24.3 Å². The van der Waals surface area contributed by atoms with Crippen LogP contribution < -0.4 is 0 Å². The van der Waals surface area contributed by atoms with Crippen LogP contribution in [0.2, 0.25) is 0 Å². The van der Waals surface area contributed by atoms with E-state index in [1.165, 1.54) is 4.31 Å². The van der Waals surface area contributed by atoms with Gasteiger partial charge in [-0.2, -0.15) is 0 Å². The van der Waals surface area contributed by atoms with Gasteiger partial charge in [-0.3, -0.25) is 4.31 Å². The number of hydrogen-bond acceptors (Lipinski definition) is 3. The van der Waals surface area contributed by atoms with E-state index in [0.29, 0.717) is 18.5 Å². The van der Waals surface area contributed by atoms with Crippen LogP contribution in [0.15, 0.2) is 30.0 Å². The Balaban J connectivity index is 2.39. The summed E-state index contributed by atoms with van der Waals surface area (Å²) in [7, 11) is -3.14. The monoisotopic (exact) mass is 253 g/mol. The summed E-state index contributed by atoms with van der Waals surface area (Å²) in [5.74, 6) is 0.320. The normalized spacial score (nSPS) is 21.0. The minimum Gasteiger partial charge on any atom is -0.507 e. The second kappa shape index (κ2) is 4.41. The quantitative estimate of drug-likeness (QED) is 0.874. The van der Waals surface area contributed by atoms with Crippen molar-refractivity contribution in [2.75, 3.05) is 12.3 Å². The van der Waals surface area contributed by atoms with Crippen molar-refractivity contribution >= 4 is 16.1 Å². The van der Waals surface area contributed by atoms with E-state index in [0.717, 1.165) is 5.70 Å². The van der Waals surface area contributed by atoms with Gasteiger partial charge in [-0.15, -0.1) is 0 Å². The fraction of sp³-hybridized carbons (Fsp3) is 0.333. The Bertz CT molecular complexity index is 549. The van der Waals surface area contributed by atoms with Gasteiger partial charge in [-0.1, -0.05) is 18.2 Å². The first-order valence-corrected chi connectivity index (χ1v) is 7.14. The highest BCUT2D eigenvalue weighted by atomic mass is 32.2. The average Bonchev–Trinajstić information content (AvgIpc) is 2.57. The van der Waals surface area contributed by atoms with Crippen LogP contribution in [0.1, 0.15) is 18.9 Å². The van der Waals surface area contributed by atoms with Crippen molar-refractivity contribution in [3.63, 3.8) is 0 Å². The van der Waals surface area contributed by atoms with Crippen LogP contribution in [0.5, 0.6) is 5.75 Å². The minimum atomic E-state index is -3.14. The van der Waals surface area contributed by atoms with E-state index >= 15 is 0 Å². The number of phenolic OH excluding ortho intramolecular Hbond substituents is 1. The van der Waals surface area contributed by atoms with Crippen molar-refractivity contribution in [1.82, 2.24) is 4.31 Å². The highest BCUT2D eigenvalue weighted by Gasteiger charge is 2.30. The zero-order valence-corrected chi connectivity index (χ0v) is 10.4. The molecule has 1 aliphatic rings. The molecule has 0 spiro atoms. The van der Waals surface area contributed by atoms with Crippen LogP contribution >= 0.6 is 0 Å². The average molecular weight is 253 g/mol. The molecule has 0 atom stereocenters. The van der Waals surface area contributed by atoms with Crippen molar-refractivity contribution < 1.29 is 13.5 Å². The topological polar surface area (TPSA) is 57.6 Å². The summed E-state index contributed by atoms with van der Waals surface area (Å²) in [5.41, 5.74) is 1.40. The van der Waals surface area contributed by atoms with Gasteiger partial charge in [0.15, 0.2) is 0 Å². The van der Waals surface area contributed by atoms with Crippen molar-refractivity contribution in [2.45, 2.75) is 13.3 Å². The molecule has 0 bridgehead atoms. The van der Waals surface area contributed by atoms with Crippen molar-refractivity contribution in [3.05, 3.63) is 35.5 Å². The van der Waals surface area contributed by atoms with E-state index in [2.05, 4.69) is 0 Å². The third-order valence-corrected chi connectivity index (χ3v) is 4.70. The third kappa shape index (κ3) is 2.29. The Labute approximate surface area is 101 Å². The second-order valence-corrected chi connectivity index (χ2v) is 5.94. The molecule has 5 heteroatoms. The van der Waals surface area contributed by atoms with Gasteiger partial charge in [0.2, 0.25) is 10.0 Å². The SMILES string of the molecule is CCN1C(=Cc2ccccc2O)CCS1(=O)=O. The molecule has 1 aliphatic heterocycles. The van der Waals surface area contributed by atoms with E-state index in [1.807, 2.05) is 13.0 Å². The molecule has 1 N–H and O–H groups in total. The van der Waals surface area contributed by atoms with E-state index in [9.17, 15) is 13.5 Å². The van der Waals surface area contributed by atoms with Crippen LogP contribution in [0.3, 0.4) is 0 Å². The van der Waals surface area contributed by atoms with Crippen LogP contribution in [0, 0.1) is 0 Å². The summed E-state index contributed by atoms with van der Waals surface area (Å²) < 4.78 is 24.8. The zero-order chi connectivity index (χ0) is 12.5. The maximum absolute atomic E-state index is 11.7. The lowest BCUT2D eigenvalue weighted by Gasteiger charge is -2.16. The van der Waals surface area contributed by atoms with Crippen LogP contribution in [0.25, 0.3) is 6.08 Å². The lowest BCUT2D eigenvalue weighted by atomic mass is 10.1. The van der Waals surface area contributed by atoms with Gasteiger partial charge in [0.1, 0.15) is 5.75 Å². The largest absolute Gasteiger partial charge is 0.507 e. The summed E-state index contributed by atoms with van der Waals surface area (Å²) in [6.45, 7) is 2.24. The molecule has 0 aliphatic carbocycles. The Morgan fingerprint density at radius 3 is 2.76 bits per heavy atom. The fourth-order valence-corrected chi connectivity index (χ4v) is 3.56. The van der Waals surface area contributed by atoms with E-state index in [4.69, 9.17) is 0 Å². The van der Waals surface area contributed by atoms with Gasteiger partial charge in [0.25, 0.3) is 0 Å². The molecule has 1 aromatic carbocycles. The molecule has 4 nitrogen and oxygen atoms in total. The molecular formula is C12H15NO3S. The molecule has 0 radical (unpaired) electrons. The van der Waals surface area contributed by atoms with Gasteiger partial charge in [-0.05, 0) is 19.1 Å². The molecule has 1 aromatic rings. The summed E-state index contributed by atoms with van der Waals surface area (Å²) in [5, 5.41) is 9.65. The first-order chi connectivity index (χ1) is 8.04. The van der Waals surface area contributed by atoms with E-state index in [-0.39, 0.29) is 11.5 Å². The maximum atomic E-state index is 11.7. The number of benzene rings is 1. The minimum absolute atomic E-state index is 0.153. The number of para-hydroxylation sites is 1. The fourth-order valence-electron chi connectivity index (χ4n) is 1.98. The molecule has 1 fully saturated rings. The van der Waals surface area contributed by atoms with Crippen LogP contribution in [-0.4, -0.2) is 30.1 Å². The lowest BCUT2D eigenvalue weighted by molar-refractivity contribution is 0.473. The predicted molar refractivity (Wildman–Crippen MR) is 66.9 cm³/mol. The van der Waals surface area contributed by atoms with Crippen LogP contribution in [-0.2, 0) is 10.0 Å². The first-order valence-electron chi connectivity index (χ1n) is 5.53. The number of allylic oxidation sites excluding steroid dienone is 1. The third-order valence-electron chi connectivity index (χ3n) is 2.82. The summed E-state index contributed by atoms with van der Waals surface area (Å²) in [6.07, 6.45) is 2.24. The van der Waals surface area contributed by atoms with Gasteiger partial charge in [-0.25, -0.2) is 8.42 Å². The Morgan fingerprint density at radius 2 is 2.12 bits per heavy atom. The van der Waals surface area contributed by atoms with Gasteiger partial charge >= 0.3 is 0 Å². The predicted octanol–water partition coefficient (Wildman–Crippen LogP) is 1.79. The molecule has 2 rings (SSSR count). The maximum Gasteiger partial charge on any atom is 0.235 e. The molecule has 17 heavy (non-hydrogen) atoms. The number of nitrogens with zero attached hydrogens (tertiary/aromatic N) is 1. The van der Waals surface area contributed by atoms with Crippen molar-refractivity contribution in [2.24, 2.45) is 0 Å². The van der Waals surface area contributed by atoms with E-state index < -0.39 is 10.0 Å². The molecule has 0 unspecified atom stereocenters. The standard InChI is InChI=1S/C12H15NO3S/c1-2-13-11(7-8-17(13,15)16)9-10-5-3-4-6-12(10)14/h3-6,9,14H,2,7-8H2,1H3. The molecule has 92 valence electrons. The number of phenols is 1. The summed E-state index contributed by atoms with van der Waals surface area (Å²) >= 11 is 0. The highest BCUT2D eigenvalue weighted by Crippen LogP contribution is 2.28. The summed E-state index contributed by atoms with van der Waals surface area (Å²) in [4.78, 5) is 0. The number of sulfonamides is 1. The Morgan fingerprint density at radius 1 is 1.41 bits per heavy atom. The molecular weight excluding hydrogens is 238 g/mol. The smallest absolute Gasteiger partial charge is 0.235 e. The van der Waals surface area contributed by atoms with Crippen molar-refractivity contribution in [1.29, 1.82) is 0 Å². The second-order valence-electron chi connectivity index (χ2n) is 3.93. The summed E-state index contributed by atoms with van der Waals surface area (Å²) in [6, 6.07) is 6.90. The molecule has 0 saturated carbocycles. The molecule has 1 heterocycles. The molecule has 0 amide bonds. The number of hydrogen-bond donors (Lipinski definition) is 1. The zero-order valence-electron chi connectivity index (χ0n) is 9.63. The Hall–Kier alpha value is -1.49. The van der Waals surface area contributed by atoms with Gasteiger partial charge in [0, 0.05) is 24.2 Å². The molecule has 0 aromatic heterocycles. The van der Waals surface area contributed by atoms with Crippen LogP contribution in [0.4, 0.5) is 0 Å². The first kappa shape index (κ1) is 12.0. The van der Waals surface area contributed by atoms with Gasteiger partial charge < -0.3 is 5.11 Å².